The van der Waals surface area contributed by atoms with Gasteiger partial charge >= 0.3 is 0 Å². The Kier molecular flexibility index (Phi) is 6.93. The van der Waals surface area contributed by atoms with E-state index in [0.29, 0.717) is 45.7 Å². The van der Waals surface area contributed by atoms with E-state index in [2.05, 4.69) is 12.1 Å². The highest BCUT2D eigenvalue weighted by molar-refractivity contribution is 5.89. The van der Waals surface area contributed by atoms with Crippen LogP contribution >= 0.6 is 12.4 Å². The summed E-state index contributed by atoms with van der Waals surface area (Å²) in [7, 11) is 0. The van der Waals surface area contributed by atoms with E-state index < -0.39 is 5.41 Å². The van der Waals surface area contributed by atoms with Crippen LogP contribution in [0.3, 0.4) is 0 Å². The number of nitrogens with two attached hydrogens (primary N) is 1. The Bertz CT molecular complexity index is 809. The molecule has 0 bridgehead atoms. The fourth-order valence-electron chi connectivity index (χ4n) is 4.77. The number of hydrogen-bond acceptors (Lipinski definition) is 3. The highest BCUT2D eigenvalue weighted by Gasteiger charge is 2.47. The van der Waals surface area contributed by atoms with Crippen molar-refractivity contribution in [2.45, 2.75) is 24.2 Å². The van der Waals surface area contributed by atoms with E-state index >= 15 is 0 Å². The van der Waals surface area contributed by atoms with Crippen molar-refractivity contribution in [3.8, 4) is 0 Å². The molecule has 0 spiro atoms. The lowest BCUT2D eigenvalue weighted by atomic mass is 9.73. The number of halogens is 2. The zero-order valence-electron chi connectivity index (χ0n) is 16.4. The van der Waals surface area contributed by atoms with E-state index in [0.717, 1.165) is 5.56 Å². The first kappa shape index (κ1) is 21.8. The highest BCUT2D eigenvalue weighted by atomic mass is 35.5. The molecule has 0 unspecified atom stereocenters. The van der Waals surface area contributed by atoms with Crippen LogP contribution < -0.4 is 5.73 Å². The zero-order valence-corrected chi connectivity index (χ0v) is 17.2. The van der Waals surface area contributed by atoms with Crippen molar-refractivity contribution in [2.24, 2.45) is 11.7 Å². The molecule has 2 N–H and O–H groups in total. The van der Waals surface area contributed by atoms with Gasteiger partial charge in [-0.1, -0.05) is 42.5 Å². The minimum Gasteiger partial charge on any atom is -0.381 e. The quantitative estimate of drug-likeness (QED) is 0.826. The van der Waals surface area contributed by atoms with Crippen molar-refractivity contribution >= 4 is 18.3 Å². The monoisotopic (exact) mass is 418 g/mol. The van der Waals surface area contributed by atoms with Crippen LogP contribution in [0.1, 0.15) is 29.9 Å². The summed E-state index contributed by atoms with van der Waals surface area (Å²) in [5.74, 6) is 0.336. The summed E-state index contributed by atoms with van der Waals surface area (Å²) in [5, 5.41) is 0. The Morgan fingerprint density at radius 2 is 1.72 bits per heavy atom. The second kappa shape index (κ2) is 9.24. The summed E-state index contributed by atoms with van der Waals surface area (Å²) in [6, 6.07) is 16.7. The van der Waals surface area contributed by atoms with Crippen molar-refractivity contribution in [2.75, 3.05) is 32.8 Å². The molecule has 1 amide bonds. The van der Waals surface area contributed by atoms with E-state index in [1.54, 1.807) is 12.1 Å². The number of carbonyl (C=O) groups excluding carboxylic acids is 1. The van der Waals surface area contributed by atoms with Crippen LogP contribution in [-0.4, -0.2) is 43.7 Å². The van der Waals surface area contributed by atoms with Gasteiger partial charge in [-0.05, 0) is 48.6 Å². The van der Waals surface area contributed by atoms with Crippen LogP contribution in [-0.2, 0) is 14.9 Å². The maximum Gasteiger partial charge on any atom is 0.233 e. The number of carbonyl (C=O) groups is 1. The predicted molar refractivity (Wildman–Crippen MR) is 114 cm³/mol. The van der Waals surface area contributed by atoms with E-state index in [4.69, 9.17) is 10.5 Å². The van der Waals surface area contributed by atoms with Gasteiger partial charge < -0.3 is 15.4 Å². The van der Waals surface area contributed by atoms with Gasteiger partial charge in [0.05, 0.1) is 5.41 Å². The molecule has 2 aliphatic heterocycles. The summed E-state index contributed by atoms with van der Waals surface area (Å²) >= 11 is 0. The Hall–Kier alpha value is -1.95. The van der Waals surface area contributed by atoms with Gasteiger partial charge in [-0.2, -0.15) is 0 Å². The molecular formula is C23H28ClFN2O2. The summed E-state index contributed by atoms with van der Waals surface area (Å²) in [6.45, 7) is 2.97. The molecule has 0 aliphatic carbocycles. The van der Waals surface area contributed by atoms with Crippen LogP contribution in [0.5, 0.6) is 0 Å². The Labute approximate surface area is 177 Å². The molecular weight excluding hydrogens is 391 g/mol. The number of benzene rings is 2. The van der Waals surface area contributed by atoms with Crippen molar-refractivity contribution in [3.63, 3.8) is 0 Å². The Morgan fingerprint density at radius 1 is 1.07 bits per heavy atom. The number of ether oxygens (including phenoxy) is 1. The molecule has 0 aromatic heterocycles. The molecule has 2 fully saturated rings. The third kappa shape index (κ3) is 4.18. The Balaban J connectivity index is 0.00000240. The largest absolute Gasteiger partial charge is 0.381 e. The predicted octanol–water partition coefficient (Wildman–Crippen LogP) is 3.50. The maximum absolute atomic E-state index is 13.8. The van der Waals surface area contributed by atoms with Gasteiger partial charge in [0.15, 0.2) is 0 Å². The highest BCUT2D eigenvalue weighted by Crippen LogP contribution is 2.40. The SMILES string of the molecule is Cl.NC[C@@H]1CN(C(=O)C2(c3ccc(F)cc3)CCOCC2)C[C@H]1c1ccccc1. The Morgan fingerprint density at radius 3 is 2.34 bits per heavy atom. The number of nitrogens with zero attached hydrogens (tertiary/aromatic N) is 1. The van der Waals surface area contributed by atoms with Crippen molar-refractivity contribution in [1.29, 1.82) is 0 Å². The summed E-state index contributed by atoms with van der Waals surface area (Å²) in [6.07, 6.45) is 1.24. The van der Waals surface area contributed by atoms with Gasteiger partial charge in [0.25, 0.3) is 0 Å². The normalized spacial score (nSPS) is 23.4. The second-order valence-corrected chi connectivity index (χ2v) is 7.92. The maximum atomic E-state index is 13.8. The second-order valence-electron chi connectivity index (χ2n) is 7.92. The van der Waals surface area contributed by atoms with E-state index in [9.17, 15) is 9.18 Å². The van der Waals surface area contributed by atoms with Crippen LogP contribution in [0.4, 0.5) is 4.39 Å². The van der Waals surface area contributed by atoms with Crippen LogP contribution in [0.25, 0.3) is 0 Å². The first-order chi connectivity index (χ1) is 13.6. The van der Waals surface area contributed by atoms with Crippen molar-refractivity contribution in [1.82, 2.24) is 4.90 Å². The van der Waals surface area contributed by atoms with Crippen LogP contribution in [0.15, 0.2) is 54.6 Å². The third-order valence-electron chi connectivity index (χ3n) is 6.41. The topological polar surface area (TPSA) is 55.6 Å². The molecule has 2 aromatic rings. The smallest absolute Gasteiger partial charge is 0.233 e. The number of rotatable bonds is 4. The van der Waals surface area contributed by atoms with Crippen LogP contribution in [0.2, 0.25) is 0 Å². The van der Waals surface area contributed by atoms with Gasteiger partial charge in [-0.25, -0.2) is 4.39 Å². The molecule has 29 heavy (non-hydrogen) atoms. The first-order valence-corrected chi connectivity index (χ1v) is 10.0. The molecule has 2 aromatic carbocycles. The third-order valence-corrected chi connectivity index (χ3v) is 6.41. The zero-order chi connectivity index (χ0) is 19.6. The minimum atomic E-state index is -0.642. The number of likely N-dealkylation sites (tertiary alicyclic amines) is 1. The fourth-order valence-corrected chi connectivity index (χ4v) is 4.77. The molecule has 2 atom stereocenters. The van der Waals surface area contributed by atoms with Crippen molar-refractivity contribution in [3.05, 3.63) is 71.5 Å². The van der Waals surface area contributed by atoms with Gasteiger partial charge in [0.2, 0.25) is 5.91 Å². The first-order valence-electron chi connectivity index (χ1n) is 10.0. The molecule has 4 nitrogen and oxygen atoms in total. The van der Waals surface area contributed by atoms with E-state index in [-0.39, 0.29) is 36.0 Å². The number of amides is 1. The average Bonchev–Trinajstić information content (AvgIpc) is 3.19. The minimum absolute atomic E-state index is 0. The molecule has 4 rings (SSSR count). The van der Waals surface area contributed by atoms with Gasteiger partial charge in [-0.3, -0.25) is 4.79 Å². The fraction of sp³-hybridized carbons (Fsp3) is 0.435. The lowest BCUT2D eigenvalue weighted by molar-refractivity contribution is -0.140. The van der Waals surface area contributed by atoms with Crippen LogP contribution in [0, 0.1) is 11.7 Å². The molecule has 0 saturated carbocycles. The summed E-state index contributed by atoms with van der Waals surface area (Å²) < 4.78 is 19.0. The molecule has 156 valence electrons. The molecule has 2 saturated heterocycles. The van der Waals surface area contributed by atoms with E-state index in [1.807, 2.05) is 23.1 Å². The molecule has 0 radical (unpaired) electrons. The van der Waals surface area contributed by atoms with E-state index in [1.165, 1.54) is 17.7 Å². The molecule has 2 aliphatic rings. The molecule has 2 heterocycles. The van der Waals surface area contributed by atoms with Gasteiger partial charge in [0, 0.05) is 32.2 Å². The molecule has 6 heteroatoms. The van der Waals surface area contributed by atoms with Gasteiger partial charge in [-0.15, -0.1) is 12.4 Å². The lowest BCUT2D eigenvalue weighted by Crippen LogP contribution is -2.49. The van der Waals surface area contributed by atoms with Gasteiger partial charge in [0.1, 0.15) is 5.82 Å². The summed E-state index contributed by atoms with van der Waals surface area (Å²) in [5.41, 5.74) is 7.54. The van der Waals surface area contributed by atoms with Crippen molar-refractivity contribution < 1.29 is 13.9 Å². The number of hydrogen-bond donors (Lipinski definition) is 1. The average molecular weight is 419 g/mol. The summed E-state index contributed by atoms with van der Waals surface area (Å²) in [4.78, 5) is 15.8. The lowest BCUT2D eigenvalue weighted by Gasteiger charge is -2.39. The standard InChI is InChI=1S/C23H27FN2O2.ClH/c24-20-8-6-19(7-9-20)23(10-12-28-13-11-23)22(27)26-15-18(14-25)21(16-26)17-4-2-1-3-5-17;/h1-9,18,21H,10-16,25H2;1H/t18-,21+;/m1./s1.